The van der Waals surface area contributed by atoms with Crippen molar-refractivity contribution in [1.29, 1.82) is 0 Å². The number of unbranched alkanes of at least 4 members (excludes halogenated alkanes) is 1. The summed E-state index contributed by atoms with van der Waals surface area (Å²) >= 11 is 0. The maximum absolute atomic E-state index is 9.57. The Morgan fingerprint density at radius 1 is 0.932 bits per heavy atom. The van der Waals surface area contributed by atoms with Crippen LogP contribution in [-0.2, 0) is 13.6 Å². The van der Waals surface area contributed by atoms with Gasteiger partial charge in [0.2, 0.25) is 0 Å². The second-order valence-corrected chi connectivity index (χ2v) is 26.3. The summed E-state index contributed by atoms with van der Waals surface area (Å²) < 4.78 is 13.3. The summed E-state index contributed by atoms with van der Waals surface area (Å²) in [7, 11) is -3.62. The van der Waals surface area contributed by atoms with Gasteiger partial charge >= 0.3 is 0 Å². The maximum atomic E-state index is 9.57. The highest BCUT2D eigenvalue weighted by molar-refractivity contribution is 6.74. The van der Waals surface area contributed by atoms with Crippen LogP contribution in [0.4, 0.5) is 0 Å². The van der Waals surface area contributed by atoms with Gasteiger partial charge in [-0.15, -0.1) is 19.7 Å². The van der Waals surface area contributed by atoms with Crippen LogP contribution in [0, 0.1) is 17.3 Å². The molecular weight excluding hydrogens is 573 g/mol. The molecule has 3 nitrogen and oxygen atoms in total. The highest BCUT2D eigenvalue weighted by Crippen LogP contribution is 2.48. The fourth-order valence-electron chi connectivity index (χ4n) is 5.65. The predicted molar refractivity (Wildman–Crippen MR) is 201 cm³/mol. The molecule has 0 aromatic rings. The number of aldehydes is 1. The molecule has 0 radical (unpaired) electrons. The zero-order valence-corrected chi connectivity index (χ0v) is 33.5. The molecule has 3 fully saturated rings. The number of rotatable bonds is 10. The minimum Gasteiger partial charge on any atom is -0.413 e. The van der Waals surface area contributed by atoms with Gasteiger partial charge in [0.1, 0.15) is 6.29 Å². The lowest BCUT2D eigenvalue weighted by molar-refractivity contribution is -0.108. The summed E-state index contributed by atoms with van der Waals surface area (Å²) in [5, 5.41) is 0.417. The van der Waals surface area contributed by atoms with E-state index in [0.717, 1.165) is 49.0 Å². The van der Waals surface area contributed by atoms with Gasteiger partial charge in [-0.3, -0.25) is 0 Å². The second-order valence-electron chi connectivity index (χ2n) is 16.7. The van der Waals surface area contributed by atoms with Crippen molar-refractivity contribution < 1.29 is 13.6 Å². The van der Waals surface area contributed by atoms with Gasteiger partial charge in [0.05, 0.1) is 12.2 Å². The molecule has 0 bridgehead atoms. The zero-order valence-electron chi connectivity index (χ0n) is 31.5. The van der Waals surface area contributed by atoms with Crippen molar-refractivity contribution in [2.24, 2.45) is 17.3 Å². The highest BCUT2D eigenvalue weighted by atomic mass is 28.4. The Bertz CT molecular complexity index is 903. The van der Waals surface area contributed by atoms with Crippen LogP contribution in [0.2, 0.25) is 36.3 Å². The van der Waals surface area contributed by atoms with Gasteiger partial charge in [-0.1, -0.05) is 87.5 Å². The molecule has 256 valence electrons. The first-order chi connectivity index (χ1) is 20.1. The van der Waals surface area contributed by atoms with Gasteiger partial charge in [-0.25, -0.2) is 0 Å². The van der Waals surface area contributed by atoms with Crippen LogP contribution < -0.4 is 0 Å². The molecule has 0 aromatic heterocycles. The third kappa shape index (κ3) is 13.8. The van der Waals surface area contributed by atoms with Crippen LogP contribution in [0.25, 0.3) is 0 Å². The molecule has 1 unspecified atom stereocenters. The molecule has 0 spiro atoms. The van der Waals surface area contributed by atoms with Crippen molar-refractivity contribution in [2.75, 3.05) is 0 Å². The number of carbonyl (C=O) groups excluding carboxylic acids is 1. The van der Waals surface area contributed by atoms with Crippen LogP contribution in [0.1, 0.15) is 126 Å². The third-order valence-corrected chi connectivity index (χ3v) is 20.1. The van der Waals surface area contributed by atoms with E-state index >= 15 is 0 Å². The van der Waals surface area contributed by atoms with Crippen molar-refractivity contribution >= 4 is 22.9 Å². The van der Waals surface area contributed by atoms with Gasteiger partial charge in [0.25, 0.3) is 0 Å². The predicted octanol–water partition coefficient (Wildman–Crippen LogP) is 12.6. The molecule has 3 aliphatic carbocycles. The molecule has 0 saturated heterocycles. The SMILES string of the molecule is C=C.C=C1C[C@@H](O[Si](C)(C)C(C)(C)C)C[C@H](O[Si](C)(C)C(C)(C)C)C1=C.C=CCCCC1(C)CCC[C@@H]1CC.O=CC1CC1. The van der Waals surface area contributed by atoms with Crippen molar-refractivity contribution in [3.63, 3.8) is 0 Å². The summed E-state index contributed by atoms with van der Waals surface area (Å²) in [4.78, 5) is 9.57. The largest absolute Gasteiger partial charge is 0.413 e. The number of hydrogen-bond donors (Lipinski definition) is 0. The van der Waals surface area contributed by atoms with Crippen LogP contribution in [0.5, 0.6) is 0 Å². The summed E-state index contributed by atoms with van der Waals surface area (Å²) in [5.74, 6) is 1.45. The van der Waals surface area contributed by atoms with Crippen molar-refractivity contribution in [2.45, 2.75) is 174 Å². The number of hydrogen-bond acceptors (Lipinski definition) is 3. The van der Waals surface area contributed by atoms with Crippen LogP contribution in [0.3, 0.4) is 0 Å². The second kappa shape index (κ2) is 18.4. The normalized spacial score (nSPS) is 25.9. The zero-order chi connectivity index (χ0) is 34.6. The van der Waals surface area contributed by atoms with E-state index in [4.69, 9.17) is 8.85 Å². The molecule has 5 heteroatoms. The number of carbonyl (C=O) groups is 1. The topological polar surface area (TPSA) is 35.5 Å². The van der Waals surface area contributed by atoms with Gasteiger partial charge < -0.3 is 13.6 Å². The molecular formula is C39H74O3Si2. The van der Waals surface area contributed by atoms with Gasteiger partial charge in [-0.05, 0) is 110 Å². The van der Waals surface area contributed by atoms with Crippen LogP contribution in [0.15, 0.2) is 50.1 Å². The average Bonchev–Trinajstić information content (AvgIpc) is 3.68. The quantitative estimate of drug-likeness (QED) is 0.102. The van der Waals surface area contributed by atoms with E-state index < -0.39 is 16.6 Å². The van der Waals surface area contributed by atoms with E-state index in [2.05, 4.69) is 121 Å². The van der Waals surface area contributed by atoms with Crippen molar-refractivity contribution in [1.82, 2.24) is 0 Å². The fourth-order valence-corrected chi connectivity index (χ4v) is 8.32. The van der Waals surface area contributed by atoms with Gasteiger partial charge in [0.15, 0.2) is 16.6 Å². The molecule has 0 amide bonds. The molecule has 3 rings (SSSR count). The first-order valence-corrected chi connectivity index (χ1v) is 23.2. The Balaban J connectivity index is 0.000000762. The fraction of sp³-hybridized carbons (Fsp3) is 0.769. The lowest BCUT2D eigenvalue weighted by Gasteiger charge is -2.45. The van der Waals surface area contributed by atoms with E-state index in [-0.39, 0.29) is 22.3 Å². The standard InChI is InChI=1S/C20H40O2Si2.C13H24.C4H6O.C2H4/c1-15-13-17(21-23(9,10)19(3,4)5)14-18(16(15)2)22-24(11,12)20(6,7)8;1-4-6-7-10-13(3)11-8-9-12(13)5-2;5-3-4-1-2-4;1-2/h17-18H,1-2,13-14H2,3-12H3;4,12H,1,5-11H2,2-3H3;3-4H,1-2H2;1-2H2/t17-,18+;12-,13?;;/m10../s1. The van der Waals surface area contributed by atoms with E-state index in [9.17, 15) is 4.79 Å². The summed E-state index contributed by atoms with van der Waals surface area (Å²) in [6.45, 7) is 46.1. The Morgan fingerprint density at radius 2 is 1.45 bits per heavy atom. The summed E-state index contributed by atoms with van der Waals surface area (Å²) in [6.07, 6.45) is 17.2. The summed E-state index contributed by atoms with van der Waals surface area (Å²) in [5.41, 5.74) is 2.85. The Kier molecular flexibility index (Phi) is 17.9. The minimum absolute atomic E-state index is 0.0573. The molecule has 0 N–H and O–H groups in total. The third-order valence-electron chi connectivity index (χ3n) is 11.1. The van der Waals surface area contributed by atoms with Crippen LogP contribution >= 0.6 is 0 Å². The smallest absolute Gasteiger partial charge is 0.192 e. The van der Waals surface area contributed by atoms with E-state index in [1.54, 1.807) is 0 Å². The molecule has 3 aliphatic rings. The van der Waals surface area contributed by atoms with Gasteiger partial charge in [-0.2, -0.15) is 0 Å². The first-order valence-electron chi connectivity index (χ1n) is 17.4. The van der Waals surface area contributed by atoms with Gasteiger partial charge in [0, 0.05) is 12.3 Å². The van der Waals surface area contributed by atoms with Crippen LogP contribution in [-0.4, -0.2) is 35.1 Å². The van der Waals surface area contributed by atoms with E-state index in [0.29, 0.717) is 11.3 Å². The van der Waals surface area contributed by atoms with E-state index in [1.165, 1.54) is 44.9 Å². The Hall–Kier alpha value is -1.02. The summed E-state index contributed by atoms with van der Waals surface area (Å²) in [6, 6.07) is 0. The van der Waals surface area contributed by atoms with Crippen molar-refractivity contribution in [3.8, 4) is 0 Å². The first kappa shape index (κ1) is 43.0. The maximum Gasteiger partial charge on any atom is 0.192 e. The average molecular weight is 647 g/mol. The Morgan fingerprint density at radius 3 is 1.86 bits per heavy atom. The lowest BCUT2D eigenvalue weighted by atomic mass is 9.75. The Labute approximate surface area is 277 Å². The lowest BCUT2D eigenvalue weighted by Crippen LogP contribution is -2.49. The highest BCUT2D eigenvalue weighted by Gasteiger charge is 2.44. The van der Waals surface area contributed by atoms with Crippen molar-refractivity contribution in [3.05, 3.63) is 50.1 Å². The van der Waals surface area contributed by atoms with E-state index in [1.807, 2.05) is 0 Å². The molecule has 44 heavy (non-hydrogen) atoms. The molecule has 3 saturated carbocycles. The molecule has 4 atom stereocenters. The monoisotopic (exact) mass is 647 g/mol. The minimum atomic E-state index is -1.83. The number of allylic oxidation sites excluding steroid dienone is 1. The molecule has 0 aliphatic heterocycles. The molecule has 0 aromatic carbocycles. The molecule has 0 heterocycles.